The number of thioether (sulfide) groups is 1. The number of hydrazine groups is 1. The van der Waals surface area contributed by atoms with E-state index in [-0.39, 0.29) is 5.91 Å². The number of nitrogens with zero attached hydrogens (tertiary/aromatic N) is 2. The maximum Gasteiger partial charge on any atom is 0.248 e. The molecule has 1 aromatic heterocycles. The number of carbonyl (C=O) groups excluding carboxylic acids is 1. The van der Waals surface area contributed by atoms with Gasteiger partial charge in [0.05, 0.1) is 5.75 Å². The van der Waals surface area contributed by atoms with Gasteiger partial charge in [-0.25, -0.2) is 9.97 Å². The van der Waals surface area contributed by atoms with E-state index in [1.165, 1.54) is 17.3 Å². The molecular weight excluding hydrogens is 284 g/mol. The first-order valence-corrected chi connectivity index (χ1v) is 7.59. The van der Waals surface area contributed by atoms with E-state index in [9.17, 15) is 4.79 Å². The van der Waals surface area contributed by atoms with Crippen molar-refractivity contribution in [3.63, 3.8) is 0 Å². The Morgan fingerprint density at radius 1 is 1.14 bits per heavy atom. The maximum absolute atomic E-state index is 11.8. The van der Waals surface area contributed by atoms with E-state index in [4.69, 9.17) is 0 Å². The van der Waals surface area contributed by atoms with Crippen LogP contribution in [0.4, 0.5) is 5.95 Å². The fourth-order valence-corrected chi connectivity index (χ4v) is 2.63. The van der Waals surface area contributed by atoms with E-state index in [2.05, 4.69) is 20.8 Å². The number of aryl methyl sites for hydroxylation is 3. The predicted molar refractivity (Wildman–Crippen MR) is 85.2 cm³/mol. The molecule has 0 saturated heterocycles. The molecule has 5 nitrogen and oxygen atoms in total. The lowest BCUT2D eigenvalue weighted by Gasteiger charge is -2.09. The second kappa shape index (κ2) is 7.08. The van der Waals surface area contributed by atoms with Crippen molar-refractivity contribution < 1.29 is 4.79 Å². The second-order valence-electron chi connectivity index (χ2n) is 4.70. The lowest BCUT2D eigenvalue weighted by molar-refractivity contribution is -0.118. The SMILES string of the molecule is Cc1cc(C)nc(NNC(=O)CSc2ccccc2C)n1. The minimum atomic E-state index is -0.119. The van der Waals surface area contributed by atoms with Crippen LogP contribution in [0.15, 0.2) is 35.2 Å². The standard InChI is InChI=1S/C15H18N4OS/c1-10-6-4-5-7-13(10)21-9-14(20)18-19-15-16-11(2)8-12(3)17-15/h4-8H,9H2,1-3H3,(H,18,20)(H,16,17,19). The molecule has 1 aromatic carbocycles. The van der Waals surface area contributed by atoms with E-state index in [0.29, 0.717) is 11.7 Å². The molecular formula is C15H18N4OS. The van der Waals surface area contributed by atoms with Crippen LogP contribution in [-0.4, -0.2) is 21.6 Å². The number of benzene rings is 1. The number of rotatable bonds is 5. The molecule has 2 aromatic rings. The average molecular weight is 302 g/mol. The molecule has 6 heteroatoms. The molecule has 0 unspecified atom stereocenters. The van der Waals surface area contributed by atoms with Gasteiger partial charge in [-0.2, -0.15) is 0 Å². The number of nitrogens with one attached hydrogen (secondary N) is 2. The summed E-state index contributed by atoms with van der Waals surface area (Å²) in [5.41, 5.74) is 8.23. The summed E-state index contributed by atoms with van der Waals surface area (Å²) >= 11 is 1.50. The molecule has 0 aliphatic heterocycles. The van der Waals surface area contributed by atoms with Gasteiger partial charge < -0.3 is 0 Å². The van der Waals surface area contributed by atoms with Crippen LogP contribution in [-0.2, 0) is 4.79 Å². The van der Waals surface area contributed by atoms with Crippen molar-refractivity contribution in [2.24, 2.45) is 0 Å². The molecule has 1 heterocycles. The Balaban J connectivity index is 1.84. The van der Waals surface area contributed by atoms with E-state index >= 15 is 0 Å². The Morgan fingerprint density at radius 3 is 2.48 bits per heavy atom. The first kappa shape index (κ1) is 15.3. The molecule has 21 heavy (non-hydrogen) atoms. The lowest BCUT2D eigenvalue weighted by atomic mass is 10.2. The minimum Gasteiger partial charge on any atom is -0.272 e. The molecule has 0 atom stereocenters. The summed E-state index contributed by atoms with van der Waals surface area (Å²) < 4.78 is 0. The minimum absolute atomic E-state index is 0.119. The van der Waals surface area contributed by atoms with Gasteiger partial charge in [0.2, 0.25) is 11.9 Å². The number of aromatic nitrogens is 2. The highest BCUT2D eigenvalue weighted by Gasteiger charge is 2.05. The van der Waals surface area contributed by atoms with Crippen LogP contribution in [0.3, 0.4) is 0 Å². The molecule has 2 N–H and O–H groups in total. The van der Waals surface area contributed by atoms with Crippen molar-refractivity contribution in [3.8, 4) is 0 Å². The predicted octanol–water partition coefficient (Wildman–Crippen LogP) is 2.64. The number of hydrogen-bond donors (Lipinski definition) is 2. The second-order valence-corrected chi connectivity index (χ2v) is 5.72. The van der Waals surface area contributed by atoms with Gasteiger partial charge in [0.1, 0.15) is 0 Å². The summed E-state index contributed by atoms with van der Waals surface area (Å²) in [6, 6.07) is 9.86. The first-order chi connectivity index (χ1) is 10.0. The van der Waals surface area contributed by atoms with Crippen LogP contribution in [0.2, 0.25) is 0 Å². The molecule has 0 aliphatic rings. The molecule has 0 fully saturated rings. The van der Waals surface area contributed by atoms with Crippen LogP contribution in [0.5, 0.6) is 0 Å². The fourth-order valence-electron chi connectivity index (χ4n) is 1.81. The molecule has 1 amide bonds. The van der Waals surface area contributed by atoms with Gasteiger partial charge in [0.15, 0.2) is 0 Å². The van der Waals surface area contributed by atoms with E-state index in [1.54, 1.807) is 0 Å². The van der Waals surface area contributed by atoms with Crippen LogP contribution in [0, 0.1) is 20.8 Å². The fraction of sp³-hybridized carbons (Fsp3) is 0.267. The number of anilines is 1. The summed E-state index contributed by atoms with van der Waals surface area (Å²) in [4.78, 5) is 21.3. The first-order valence-electron chi connectivity index (χ1n) is 6.60. The number of hydrogen-bond acceptors (Lipinski definition) is 5. The molecule has 0 bridgehead atoms. The Morgan fingerprint density at radius 2 is 1.81 bits per heavy atom. The summed E-state index contributed by atoms with van der Waals surface area (Å²) in [7, 11) is 0. The summed E-state index contributed by atoms with van der Waals surface area (Å²) in [6.07, 6.45) is 0. The third-order valence-electron chi connectivity index (χ3n) is 2.75. The quantitative estimate of drug-likeness (QED) is 0.656. The van der Waals surface area contributed by atoms with Crippen LogP contribution >= 0.6 is 11.8 Å². The molecule has 0 radical (unpaired) electrons. The van der Waals surface area contributed by atoms with Gasteiger partial charge in [0.25, 0.3) is 0 Å². The van der Waals surface area contributed by atoms with E-state index < -0.39 is 0 Å². The average Bonchev–Trinajstić information content (AvgIpc) is 2.43. The third kappa shape index (κ3) is 4.75. The van der Waals surface area contributed by atoms with Crippen molar-refractivity contribution in [1.82, 2.24) is 15.4 Å². The van der Waals surface area contributed by atoms with Gasteiger partial charge in [-0.1, -0.05) is 18.2 Å². The zero-order chi connectivity index (χ0) is 15.2. The van der Waals surface area contributed by atoms with Crippen molar-refractivity contribution in [3.05, 3.63) is 47.3 Å². The Hall–Kier alpha value is -2.08. The molecule has 0 saturated carbocycles. The third-order valence-corrected chi connectivity index (χ3v) is 3.92. The van der Waals surface area contributed by atoms with Gasteiger partial charge >= 0.3 is 0 Å². The monoisotopic (exact) mass is 302 g/mol. The Labute approximate surface area is 128 Å². The van der Waals surface area contributed by atoms with Gasteiger partial charge in [-0.15, -0.1) is 11.8 Å². The van der Waals surface area contributed by atoms with Crippen molar-refractivity contribution in [1.29, 1.82) is 0 Å². The molecule has 2 rings (SSSR count). The lowest BCUT2D eigenvalue weighted by Crippen LogP contribution is -2.31. The molecule has 0 spiro atoms. The summed E-state index contributed by atoms with van der Waals surface area (Å²) in [5, 5.41) is 0. The number of carbonyl (C=O) groups is 1. The van der Waals surface area contributed by atoms with Gasteiger partial charge in [-0.3, -0.25) is 15.6 Å². The Bertz CT molecular complexity index is 625. The summed E-state index contributed by atoms with van der Waals surface area (Å²) in [6.45, 7) is 5.80. The molecule has 0 aliphatic carbocycles. The Kier molecular flexibility index (Phi) is 5.16. The topological polar surface area (TPSA) is 66.9 Å². The highest BCUT2D eigenvalue weighted by atomic mass is 32.2. The van der Waals surface area contributed by atoms with Crippen molar-refractivity contribution in [2.45, 2.75) is 25.7 Å². The van der Waals surface area contributed by atoms with E-state index in [1.807, 2.05) is 51.1 Å². The highest BCUT2D eigenvalue weighted by molar-refractivity contribution is 8.00. The maximum atomic E-state index is 11.8. The van der Waals surface area contributed by atoms with Gasteiger partial charge in [-0.05, 0) is 38.5 Å². The van der Waals surface area contributed by atoms with Crippen molar-refractivity contribution >= 4 is 23.6 Å². The highest BCUT2D eigenvalue weighted by Crippen LogP contribution is 2.21. The van der Waals surface area contributed by atoms with Crippen LogP contribution < -0.4 is 10.9 Å². The zero-order valence-corrected chi connectivity index (χ0v) is 13.1. The number of amides is 1. The van der Waals surface area contributed by atoms with E-state index in [0.717, 1.165) is 16.3 Å². The largest absolute Gasteiger partial charge is 0.272 e. The van der Waals surface area contributed by atoms with Gasteiger partial charge in [0, 0.05) is 16.3 Å². The van der Waals surface area contributed by atoms with Crippen LogP contribution in [0.1, 0.15) is 17.0 Å². The molecule has 110 valence electrons. The zero-order valence-electron chi connectivity index (χ0n) is 12.3. The summed E-state index contributed by atoms with van der Waals surface area (Å²) in [5.74, 6) is 0.621. The normalized spacial score (nSPS) is 10.2. The van der Waals surface area contributed by atoms with Crippen LogP contribution in [0.25, 0.3) is 0 Å². The van der Waals surface area contributed by atoms with Crippen molar-refractivity contribution in [2.75, 3.05) is 11.2 Å². The smallest absolute Gasteiger partial charge is 0.248 e.